The van der Waals surface area contributed by atoms with Crippen molar-refractivity contribution in [2.45, 2.75) is 31.9 Å². The van der Waals surface area contributed by atoms with E-state index in [0.717, 1.165) is 18.8 Å². The summed E-state index contributed by atoms with van der Waals surface area (Å²) in [6.45, 7) is 3.99. The molecule has 1 N–H and O–H groups in total. The minimum Gasteiger partial charge on any atom is -0.377 e. The summed E-state index contributed by atoms with van der Waals surface area (Å²) in [6.07, 6.45) is 4.61. The first-order chi connectivity index (χ1) is 7.36. The van der Waals surface area contributed by atoms with Crippen molar-refractivity contribution in [1.29, 1.82) is 0 Å². The fourth-order valence-corrected chi connectivity index (χ4v) is 1.85. The zero-order chi connectivity index (χ0) is 10.5. The van der Waals surface area contributed by atoms with Crippen LogP contribution >= 0.6 is 0 Å². The molecule has 0 saturated carbocycles. The molecule has 0 spiro atoms. The summed E-state index contributed by atoms with van der Waals surface area (Å²) in [7, 11) is 0. The highest BCUT2D eigenvalue weighted by molar-refractivity contribution is 5.07. The SMILES string of the molecule is C[C@@H](NCC1CCCO1)c1ccccn1. The molecule has 0 amide bonds. The highest BCUT2D eigenvalue weighted by Crippen LogP contribution is 2.13. The van der Waals surface area contributed by atoms with Gasteiger partial charge in [0.25, 0.3) is 0 Å². The smallest absolute Gasteiger partial charge is 0.0700 e. The Labute approximate surface area is 90.9 Å². The molecule has 2 heterocycles. The van der Waals surface area contributed by atoms with Gasteiger partial charge >= 0.3 is 0 Å². The molecule has 1 aromatic rings. The molecule has 0 radical (unpaired) electrons. The summed E-state index contributed by atoms with van der Waals surface area (Å²) in [5.74, 6) is 0. The molecule has 0 bridgehead atoms. The highest BCUT2D eigenvalue weighted by Gasteiger charge is 2.16. The van der Waals surface area contributed by atoms with E-state index < -0.39 is 0 Å². The Morgan fingerprint density at radius 3 is 3.20 bits per heavy atom. The van der Waals surface area contributed by atoms with Gasteiger partial charge in [-0.05, 0) is 31.9 Å². The van der Waals surface area contributed by atoms with E-state index in [1.807, 2.05) is 24.4 Å². The van der Waals surface area contributed by atoms with Crippen molar-refractivity contribution in [2.24, 2.45) is 0 Å². The van der Waals surface area contributed by atoms with Gasteiger partial charge in [-0.25, -0.2) is 0 Å². The van der Waals surface area contributed by atoms with E-state index in [2.05, 4.69) is 17.2 Å². The van der Waals surface area contributed by atoms with Gasteiger partial charge < -0.3 is 10.1 Å². The number of aromatic nitrogens is 1. The van der Waals surface area contributed by atoms with Crippen LogP contribution in [0.5, 0.6) is 0 Å². The van der Waals surface area contributed by atoms with Crippen LogP contribution in [0.2, 0.25) is 0 Å². The Kier molecular flexibility index (Phi) is 3.69. The Morgan fingerprint density at radius 1 is 1.60 bits per heavy atom. The Morgan fingerprint density at radius 2 is 2.53 bits per heavy atom. The lowest BCUT2D eigenvalue weighted by Gasteiger charge is -2.16. The molecule has 2 atom stereocenters. The third-order valence-corrected chi connectivity index (χ3v) is 2.81. The quantitative estimate of drug-likeness (QED) is 0.817. The first-order valence-electron chi connectivity index (χ1n) is 5.62. The monoisotopic (exact) mass is 206 g/mol. The van der Waals surface area contributed by atoms with Crippen LogP contribution in [0.4, 0.5) is 0 Å². The van der Waals surface area contributed by atoms with E-state index in [-0.39, 0.29) is 0 Å². The zero-order valence-corrected chi connectivity index (χ0v) is 9.15. The molecule has 0 aliphatic carbocycles. The van der Waals surface area contributed by atoms with Gasteiger partial charge in [0.2, 0.25) is 0 Å². The number of pyridine rings is 1. The van der Waals surface area contributed by atoms with Crippen molar-refractivity contribution in [3.05, 3.63) is 30.1 Å². The topological polar surface area (TPSA) is 34.1 Å². The number of nitrogens with zero attached hydrogens (tertiary/aromatic N) is 1. The normalized spacial score (nSPS) is 22.9. The van der Waals surface area contributed by atoms with Gasteiger partial charge in [-0.3, -0.25) is 4.98 Å². The molecule has 1 saturated heterocycles. The second kappa shape index (κ2) is 5.24. The summed E-state index contributed by atoms with van der Waals surface area (Å²) < 4.78 is 5.56. The lowest BCUT2D eigenvalue weighted by Crippen LogP contribution is -2.29. The second-order valence-electron chi connectivity index (χ2n) is 4.02. The van der Waals surface area contributed by atoms with Crippen molar-refractivity contribution in [1.82, 2.24) is 10.3 Å². The van der Waals surface area contributed by atoms with E-state index in [9.17, 15) is 0 Å². The lowest BCUT2D eigenvalue weighted by molar-refractivity contribution is 0.108. The second-order valence-corrected chi connectivity index (χ2v) is 4.02. The lowest BCUT2D eigenvalue weighted by atomic mass is 10.2. The molecule has 15 heavy (non-hydrogen) atoms. The van der Waals surface area contributed by atoms with Crippen LogP contribution in [0, 0.1) is 0 Å². The third-order valence-electron chi connectivity index (χ3n) is 2.81. The summed E-state index contributed by atoms with van der Waals surface area (Å²) in [4.78, 5) is 4.32. The first kappa shape index (κ1) is 10.6. The van der Waals surface area contributed by atoms with Crippen LogP contribution in [0.1, 0.15) is 31.5 Å². The fraction of sp³-hybridized carbons (Fsp3) is 0.583. The van der Waals surface area contributed by atoms with Gasteiger partial charge in [-0.15, -0.1) is 0 Å². The van der Waals surface area contributed by atoms with Gasteiger partial charge in [-0.1, -0.05) is 6.07 Å². The van der Waals surface area contributed by atoms with Gasteiger partial charge in [0, 0.05) is 25.4 Å². The highest BCUT2D eigenvalue weighted by atomic mass is 16.5. The summed E-state index contributed by atoms with van der Waals surface area (Å²) >= 11 is 0. The van der Waals surface area contributed by atoms with E-state index in [0.29, 0.717) is 12.1 Å². The number of hydrogen-bond donors (Lipinski definition) is 1. The molecule has 1 fully saturated rings. The average molecular weight is 206 g/mol. The fourth-order valence-electron chi connectivity index (χ4n) is 1.85. The number of rotatable bonds is 4. The van der Waals surface area contributed by atoms with Crippen LogP contribution < -0.4 is 5.32 Å². The molecule has 1 aliphatic heterocycles. The minimum absolute atomic E-state index is 0.301. The Hall–Kier alpha value is -0.930. The Balaban J connectivity index is 1.79. The standard InChI is InChI=1S/C12H18N2O/c1-10(12-6-2-3-7-13-12)14-9-11-5-4-8-15-11/h2-3,6-7,10-11,14H,4-5,8-9H2,1H3/t10-,11?/m1/s1. The molecule has 3 nitrogen and oxygen atoms in total. The molecule has 3 heteroatoms. The number of hydrogen-bond acceptors (Lipinski definition) is 3. The predicted octanol–water partition coefficient (Wildman–Crippen LogP) is 1.91. The zero-order valence-electron chi connectivity index (χ0n) is 9.15. The van der Waals surface area contributed by atoms with Crippen LogP contribution in [-0.4, -0.2) is 24.2 Å². The number of ether oxygens (including phenoxy) is 1. The average Bonchev–Trinajstić information content (AvgIpc) is 2.80. The summed E-state index contributed by atoms with van der Waals surface area (Å²) in [5, 5.41) is 3.45. The van der Waals surface area contributed by atoms with Gasteiger partial charge in [0.15, 0.2) is 0 Å². The molecular weight excluding hydrogens is 188 g/mol. The van der Waals surface area contributed by atoms with E-state index in [1.54, 1.807) is 0 Å². The maximum Gasteiger partial charge on any atom is 0.0700 e. The molecule has 1 unspecified atom stereocenters. The largest absolute Gasteiger partial charge is 0.377 e. The molecule has 1 aromatic heterocycles. The molecule has 1 aliphatic rings. The van der Waals surface area contributed by atoms with Crippen molar-refractivity contribution >= 4 is 0 Å². The predicted molar refractivity (Wildman–Crippen MR) is 59.6 cm³/mol. The van der Waals surface area contributed by atoms with Crippen molar-refractivity contribution < 1.29 is 4.74 Å². The minimum atomic E-state index is 0.301. The van der Waals surface area contributed by atoms with Gasteiger partial charge in [-0.2, -0.15) is 0 Å². The van der Waals surface area contributed by atoms with Crippen molar-refractivity contribution in [2.75, 3.05) is 13.2 Å². The molecular formula is C12H18N2O. The van der Waals surface area contributed by atoms with E-state index in [4.69, 9.17) is 4.74 Å². The number of nitrogens with one attached hydrogen (secondary N) is 1. The molecule has 82 valence electrons. The van der Waals surface area contributed by atoms with Crippen molar-refractivity contribution in [3.8, 4) is 0 Å². The van der Waals surface area contributed by atoms with Crippen molar-refractivity contribution in [3.63, 3.8) is 0 Å². The van der Waals surface area contributed by atoms with Crippen LogP contribution in [-0.2, 0) is 4.74 Å². The summed E-state index contributed by atoms with van der Waals surface area (Å²) in [5.41, 5.74) is 1.09. The molecule has 2 rings (SSSR count). The van der Waals surface area contributed by atoms with Gasteiger partial charge in [0.05, 0.1) is 11.8 Å². The molecule has 0 aromatic carbocycles. The van der Waals surface area contributed by atoms with Gasteiger partial charge in [0.1, 0.15) is 0 Å². The Bertz CT molecular complexity index is 283. The summed E-state index contributed by atoms with van der Waals surface area (Å²) in [6, 6.07) is 6.31. The maximum absolute atomic E-state index is 5.56. The maximum atomic E-state index is 5.56. The van der Waals surface area contributed by atoms with E-state index >= 15 is 0 Å². The third kappa shape index (κ3) is 3.01. The first-order valence-corrected chi connectivity index (χ1v) is 5.62. The van der Waals surface area contributed by atoms with E-state index in [1.165, 1.54) is 12.8 Å². The van der Waals surface area contributed by atoms with Crippen LogP contribution in [0.3, 0.4) is 0 Å². The van der Waals surface area contributed by atoms with Crippen LogP contribution in [0.25, 0.3) is 0 Å². The van der Waals surface area contributed by atoms with Crippen LogP contribution in [0.15, 0.2) is 24.4 Å².